The second-order valence-electron chi connectivity index (χ2n) is 17.3. The summed E-state index contributed by atoms with van der Waals surface area (Å²) in [5, 5.41) is 2.23. The predicted molar refractivity (Wildman–Crippen MR) is 238 cm³/mol. The molecule has 0 aliphatic heterocycles. The van der Waals surface area contributed by atoms with Crippen LogP contribution >= 0.6 is 0 Å². The predicted octanol–water partition coefficient (Wildman–Crippen LogP) is 16.4. The summed E-state index contributed by atoms with van der Waals surface area (Å²) >= 11 is 0. The number of fused-ring (bicyclic) bond motifs is 7. The van der Waals surface area contributed by atoms with Crippen molar-refractivity contribution in [2.45, 2.75) is 50.9 Å². The van der Waals surface area contributed by atoms with Gasteiger partial charge in [0.1, 0.15) is 0 Å². The third-order valence-electron chi connectivity index (χ3n) is 12.8. The van der Waals surface area contributed by atoms with E-state index in [-0.39, 0.29) is 10.8 Å². The van der Waals surface area contributed by atoms with Gasteiger partial charge in [-0.1, -0.05) is 76.2 Å². The van der Waals surface area contributed by atoms with Gasteiger partial charge in [-0.15, -0.1) is 0 Å². The normalized spacial score (nSPS) is 14.5. The molecule has 0 saturated carbocycles. The number of nitrogens with zero attached hydrogens (tertiary/aromatic N) is 2. The largest absolute Gasteiger partial charge is 0.416 e. The van der Waals surface area contributed by atoms with Crippen LogP contribution in [0.1, 0.15) is 61.1 Å². The van der Waals surface area contributed by atoms with Gasteiger partial charge in [0, 0.05) is 45.0 Å². The van der Waals surface area contributed by atoms with Crippen molar-refractivity contribution in [3.05, 3.63) is 203 Å². The van der Waals surface area contributed by atoms with Crippen molar-refractivity contribution >= 4 is 44.9 Å². The summed E-state index contributed by atoms with van der Waals surface area (Å²) in [6.45, 7) is 8.90. The van der Waals surface area contributed by atoms with Crippen molar-refractivity contribution in [2.75, 3.05) is 9.80 Å². The molecule has 62 heavy (non-hydrogen) atoms. The average molecular weight is 831 g/mol. The Bertz CT molecular complexity index is 2820. The molecule has 0 heterocycles. The molecule has 10 rings (SSSR count). The van der Waals surface area contributed by atoms with Crippen LogP contribution < -0.4 is 9.80 Å². The molecular formula is C54H40F6N2. The van der Waals surface area contributed by atoms with Crippen molar-refractivity contribution in [1.29, 1.82) is 0 Å². The number of hydrogen-bond donors (Lipinski definition) is 0. The van der Waals surface area contributed by atoms with E-state index in [4.69, 9.17) is 0 Å². The number of halogens is 6. The summed E-state index contributed by atoms with van der Waals surface area (Å²) in [5.41, 5.74) is 11.6. The fourth-order valence-corrected chi connectivity index (χ4v) is 9.61. The van der Waals surface area contributed by atoms with Crippen molar-refractivity contribution < 1.29 is 26.3 Å². The fraction of sp³-hybridized carbons (Fsp3) is 0.148. The molecule has 0 spiro atoms. The second-order valence-corrected chi connectivity index (χ2v) is 17.3. The van der Waals surface area contributed by atoms with Crippen LogP contribution in [-0.2, 0) is 23.2 Å². The van der Waals surface area contributed by atoms with Crippen molar-refractivity contribution in [3.63, 3.8) is 0 Å². The SMILES string of the molecule is CC1(C)c2cc(N(c3ccccc3)c3ccc(C(F)(F)F)cc3)ccc2-c2cc3cc4c(cc3cc21)C(C)(C)c1cc(N(c2ccccc2)c2ccc(C(F)(F)F)cc2)ccc1-4. The molecule has 0 saturated heterocycles. The number of benzene rings is 8. The summed E-state index contributed by atoms with van der Waals surface area (Å²) in [6.07, 6.45) is -8.87. The second kappa shape index (κ2) is 13.9. The van der Waals surface area contributed by atoms with E-state index in [1.54, 1.807) is 0 Å². The van der Waals surface area contributed by atoms with Gasteiger partial charge in [0.15, 0.2) is 0 Å². The Labute approximate surface area is 356 Å². The molecule has 2 aliphatic carbocycles. The van der Waals surface area contributed by atoms with E-state index in [9.17, 15) is 26.3 Å². The van der Waals surface area contributed by atoms with Gasteiger partial charge in [-0.2, -0.15) is 26.3 Å². The molecule has 0 atom stereocenters. The Hall–Kier alpha value is -6.80. The van der Waals surface area contributed by atoms with Gasteiger partial charge < -0.3 is 9.80 Å². The summed E-state index contributed by atoms with van der Waals surface area (Å²) in [7, 11) is 0. The Morgan fingerprint density at radius 1 is 0.323 bits per heavy atom. The molecule has 8 aromatic carbocycles. The summed E-state index contributed by atoms with van der Waals surface area (Å²) in [5.74, 6) is 0. The van der Waals surface area contributed by atoms with Gasteiger partial charge in [0.25, 0.3) is 0 Å². The lowest BCUT2D eigenvalue weighted by Gasteiger charge is -2.28. The van der Waals surface area contributed by atoms with Crippen LogP contribution in [0.3, 0.4) is 0 Å². The summed E-state index contributed by atoms with van der Waals surface area (Å²) < 4.78 is 81.3. The number of anilines is 6. The first kappa shape index (κ1) is 39.3. The average Bonchev–Trinajstić information content (AvgIpc) is 3.60. The third kappa shape index (κ3) is 6.34. The highest BCUT2D eigenvalue weighted by Crippen LogP contribution is 2.55. The quantitative estimate of drug-likeness (QED) is 0.154. The van der Waals surface area contributed by atoms with Crippen molar-refractivity contribution in [3.8, 4) is 22.3 Å². The standard InChI is InChI=1S/C54H40F6N2/c1-51(2)47-29-34-30-48-46(44-26-24-42(32-50(44)52(48,3)4)62(38-13-9-6-10-14-38)40-21-17-36(18-22-40)54(58,59)60)28-33(34)27-45(47)43-25-23-41(31-49(43)51)61(37-11-7-5-8-12-37)39-19-15-35(16-20-39)53(55,56)57/h5-32H,1-4H3. The molecule has 0 bridgehead atoms. The molecule has 0 fully saturated rings. The van der Waals surface area contributed by atoms with Crippen LogP contribution in [0.15, 0.2) is 170 Å². The Morgan fingerprint density at radius 3 is 0.984 bits per heavy atom. The van der Waals surface area contributed by atoms with Crippen LogP contribution in [0.5, 0.6) is 0 Å². The fourth-order valence-electron chi connectivity index (χ4n) is 9.61. The molecule has 0 unspecified atom stereocenters. The zero-order chi connectivity index (χ0) is 43.3. The monoisotopic (exact) mass is 830 g/mol. The zero-order valence-electron chi connectivity index (χ0n) is 34.3. The molecule has 2 aliphatic rings. The highest BCUT2D eigenvalue weighted by Gasteiger charge is 2.40. The topological polar surface area (TPSA) is 6.48 Å². The van der Waals surface area contributed by atoms with Gasteiger partial charge in [0.05, 0.1) is 11.1 Å². The van der Waals surface area contributed by atoms with Gasteiger partial charge in [0.2, 0.25) is 0 Å². The smallest absolute Gasteiger partial charge is 0.310 e. The first-order valence-corrected chi connectivity index (χ1v) is 20.5. The van der Waals surface area contributed by atoms with Gasteiger partial charge in [-0.25, -0.2) is 0 Å². The molecule has 308 valence electrons. The number of para-hydroxylation sites is 2. The third-order valence-corrected chi connectivity index (χ3v) is 12.8. The molecule has 0 amide bonds. The lowest BCUT2D eigenvalue weighted by atomic mass is 9.80. The van der Waals surface area contributed by atoms with E-state index in [0.29, 0.717) is 11.4 Å². The molecule has 0 N–H and O–H groups in total. The number of hydrogen-bond acceptors (Lipinski definition) is 2. The van der Waals surface area contributed by atoms with Crippen LogP contribution in [-0.4, -0.2) is 0 Å². The van der Waals surface area contributed by atoms with Crippen LogP contribution in [0.4, 0.5) is 60.5 Å². The molecule has 0 aromatic heterocycles. The zero-order valence-corrected chi connectivity index (χ0v) is 34.3. The van der Waals surface area contributed by atoms with Gasteiger partial charge in [-0.3, -0.25) is 0 Å². The minimum Gasteiger partial charge on any atom is -0.310 e. The summed E-state index contributed by atoms with van der Waals surface area (Å²) in [6, 6.07) is 51.8. The van der Waals surface area contributed by atoms with E-state index < -0.39 is 23.5 Å². The molecular weight excluding hydrogens is 791 g/mol. The highest BCUT2D eigenvalue weighted by atomic mass is 19.4. The number of rotatable bonds is 6. The molecule has 8 aromatic rings. The molecule has 2 nitrogen and oxygen atoms in total. The number of alkyl halides is 6. The van der Waals surface area contributed by atoms with Crippen LogP contribution in [0, 0.1) is 0 Å². The maximum Gasteiger partial charge on any atom is 0.416 e. The van der Waals surface area contributed by atoms with E-state index in [1.165, 1.54) is 35.4 Å². The Kier molecular flexibility index (Phi) is 8.80. The van der Waals surface area contributed by atoms with E-state index in [0.717, 1.165) is 91.2 Å². The van der Waals surface area contributed by atoms with Crippen LogP contribution in [0.25, 0.3) is 33.0 Å². The van der Waals surface area contributed by atoms with Gasteiger partial charge in [-0.05, 0) is 177 Å². The highest BCUT2D eigenvalue weighted by molar-refractivity contribution is 5.99. The van der Waals surface area contributed by atoms with E-state index >= 15 is 0 Å². The minimum absolute atomic E-state index is 0.386. The van der Waals surface area contributed by atoms with Crippen molar-refractivity contribution in [1.82, 2.24) is 0 Å². The maximum atomic E-state index is 13.6. The van der Waals surface area contributed by atoms with Crippen LogP contribution in [0.2, 0.25) is 0 Å². The summed E-state index contributed by atoms with van der Waals surface area (Å²) in [4.78, 5) is 3.99. The first-order valence-electron chi connectivity index (χ1n) is 20.5. The van der Waals surface area contributed by atoms with E-state index in [1.807, 2.05) is 82.6 Å². The Morgan fingerprint density at radius 2 is 0.629 bits per heavy atom. The van der Waals surface area contributed by atoms with E-state index in [2.05, 4.69) is 76.2 Å². The lowest BCUT2D eigenvalue weighted by Crippen LogP contribution is -2.17. The minimum atomic E-state index is -4.43. The molecule has 0 radical (unpaired) electrons. The lowest BCUT2D eigenvalue weighted by molar-refractivity contribution is -0.138. The maximum absolute atomic E-state index is 13.6. The molecule has 8 heteroatoms. The van der Waals surface area contributed by atoms with Gasteiger partial charge >= 0.3 is 12.4 Å². The first-order chi connectivity index (χ1) is 29.5. The van der Waals surface area contributed by atoms with Crippen molar-refractivity contribution in [2.24, 2.45) is 0 Å². The Balaban J connectivity index is 1.05.